The molecule has 0 aliphatic carbocycles. The zero-order valence-corrected chi connectivity index (χ0v) is 16.8. The first-order valence-electron chi connectivity index (χ1n) is 9.96. The van der Waals surface area contributed by atoms with Crippen LogP contribution in [0.25, 0.3) is 5.69 Å². The first-order chi connectivity index (χ1) is 14.7. The Hall–Kier alpha value is -3.80. The number of carbonyl (C=O) groups is 1. The molecule has 2 aromatic carbocycles. The number of aryl methyl sites for hydroxylation is 1. The van der Waals surface area contributed by atoms with E-state index in [-0.39, 0.29) is 5.91 Å². The Morgan fingerprint density at radius 2 is 1.60 bits per heavy atom. The minimum atomic E-state index is -0.166. The molecule has 0 unspecified atom stereocenters. The maximum Gasteiger partial charge on any atom is 0.276 e. The molecule has 4 rings (SSSR count). The molecule has 2 aromatic heterocycles. The van der Waals surface area contributed by atoms with E-state index < -0.39 is 0 Å². The summed E-state index contributed by atoms with van der Waals surface area (Å²) in [4.78, 5) is 20.7. The molecule has 0 radical (unpaired) electrons. The second kappa shape index (κ2) is 9.13. The number of benzene rings is 2. The Bertz CT molecular complexity index is 1090. The molecular weight excluding hydrogens is 374 g/mol. The number of pyridine rings is 1. The van der Waals surface area contributed by atoms with E-state index in [1.807, 2.05) is 42.5 Å². The molecule has 0 fully saturated rings. The molecule has 0 saturated carbocycles. The van der Waals surface area contributed by atoms with Gasteiger partial charge in [-0.05, 0) is 41.3 Å². The fraction of sp³-hybridized carbons (Fsp3) is 0.167. The van der Waals surface area contributed by atoms with Gasteiger partial charge in [0, 0.05) is 25.5 Å². The molecule has 0 atom stereocenters. The van der Waals surface area contributed by atoms with Gasteiger partial charge in [0.1, 0.15) is 0 Å². The molecular formula is C24H23N5O. The predicted octanol–water partition coefficient (Wildman–Crippen LogP) is 4.07. The molecule has 2 heterocycles. The van der Waals surface area contributed by atoms with Crippen LogP contribution in [0.2, 0.25) is 0 Å². The smallest absolute Gasteiger partial charge is 0.276 e. The SMILES string of the molecule is CCc1ccc(CN(Cc2cccnc2)C(=O)c2cnn(-c3ccccc3)n2)cc1. The van der Waals surface area contributed by atoms with E-state index in [4.69, 9.17) is 0 Å². The van der Waals surface area contributed by atoms with E-state index in [9.17, 15) is 4.79 Å². The highest BCUT2D eigenvalue weighted by atomic mass is 16.2. The van der Waals surface area contributed by atoms with Gasteiger partial charge in [0.25, 0.3) is 5.91 Å². The molecule has 0 aliphatic heterocycles. The fourth-order valence-corrected chi connectivity index (χ4v) is 3.22. The summed E-state index contributed by atoms with van der Waals surface area (Å²) < 4.78 is 0. The van der Waals surface area contributed by atoms with Gasteiger partial charge in [-0.1, -0.05) is 55.5 Å². The standard InChI is InChI=1S/C24H23N5O/c1-2-19-10-12-20(13-11-19)17-28(18-21-7-6-14-25-15-21)24(30)23-16-26-29(27-23)22-8-4-3-5-9-22/h3-16H,2,17-18H2,1H3. The maximum absolute atomic E-state index is 13.3. The Kier molecular flexibility index (Phi) is 5.94. The lowest BCUT2D eigenvalue weighted by Crippen LogP contribution is -2.30. The molecule has 0 aliphatic rings. The lowest BCUT2D eigenvalue weighted by Gasteiger charge is -2.22. The maximum atomic E-state index is 13.3. The third-order valence-electron chi connectivity index (χ3n) is 4.89. The van der Waals surface area contributed by atoms with Crippen LogP contribution in [0.1, 0.15) is 34.1 Å². The summed E-state index contributed by atoms with van der Waals surface area (Å²) in [6.45, 7) is 3.06. The molecule has 4 aromatic rings. The van der Waals surface area contributed by atoms with E-state index >= 15 is 0 Å². The number of para-hydroxylation sites is 1. The normalized spacial score (nSPS) is 10.7. The van der Waals surface area contributed by atoms with Crippen LogP contribution in [-0.4, -0.2) is 30.8 Å². The van der Waals surface area contributed by atoms with Crippen molar-refractivity contribution < 1.29 is 4.79 Å². The third kappa shape index (κ3) is 4.60. The average Bonchev–Trinajstić information content (AvgIpc) is 3.30. The summed E-state index contributed by atoms with van der Waals surface area (Å²) in [5.74, 6) is -0.166. The van der Waals surface area contributed by atoms with Gasteiger partial charge in [0.15, 0.2) is 5.69 Å². The van der Waals surface area contributed by atoms with E-state index in [1.165, 1.54) is 16.6 Å². The van der Waals surface area contributed by atoms with Crippen molar-refractivity contribution in [2.45, 2.75) is 26.4 Å². The topological polar surface area (TPSA) is 63.9 Å². The number of rotatable bonds is 7. The van der Waals surface area contributed by atoms with Gasteiger partial charge in [0.2, 0.25) is 0 Å². The molecule has 6 heteroatoms. The molecule has 0 saturated heterocycles. The van der Waals surface area contributed by atoms with E-state index in [0.29, 0.717) is 18.8 Å². The van der Waals surface area contributed by atoms with Crippen molar-refractivity contribution in [3.8, 4) is 5.69 Å². The Morgan fingerprint density at radius 3 is 2.30 bits per heavy atom. The number of hydrogen-bond acceptors (Lipinski definition) is 4. The lowest BCUT2D eigenvalue weighted by molar-refractivity contribution is 0.0723. The molecule has 1 amide bonds. The predicted molar refractivity (Wildman–Crippen MR) is 115 cm³/mol. The first kappa shape index (κ1) is 19.5. The van der Waals surface area contributed by atoms with Crippen LogP contribution in [0.3, 0.4) is 0 Å². The highest BCUT2D eigenvalue weighted by Gasteiger charge is 2.20. The highest BCUT2D eigenvalue weighted by Crippen LogP contribution is 2.15. The zero-order chi connectivity index (χ0) is 20.8. The highest BCUT2D eigenvalue weighted by molar-refractivity contribution is 5.91. The van der Waals surface area contributed by atoms with Crippen LogP contribution < -0.4 is 0 Å². The Balaban J connectivity index is 1.59. The quantitative estimate of drug-likeness (QED) is 0.472. The van der Waals surface area contributed by atoms with E-state index in [0.717, 1.165) is 23.2 Å². The van der Waals surface area contributed by atoms with Gasteiger partial charge in [-0.25, -0.2) is 0 Å². The first-order valence-corrected chi connectivity index (χ1v) is 9.96. The fourth-order valence-electron chi connectivity index (χ4n) is 3.22. The second-order valence-electron chi connectivity index (χ2n) is 7.05. The number of carbonyl (C=O) groups excluding carboxylic acids is 1. The van der Waals surface area contributed by atoms with Crippen molar-refractivity contribution in [1.29, 1.82) is 0 Å². The molecule has 6 nitrogen and oxygen atoms in total. The van der Waals surface area contributed by atoms with Crippen LogP contribution in [0.4, 0.5) is 0 Å². The van der Waals surface area contributed by atoms with Crippen LogP contribution in [0, 0.1) is 0 Å². The van der Waals surface area contributed by atoms with Gasteiger partial charge in [0.05, 0.1) is 11.9 Å². The van der Waals surface area contributed by atoms with Crippen molar-refractivity contribution in [1.82, 2.24) is 24.9 Å². The summed E-state index contributed by atoms with van der Waals surface area (Å²) in [6, 6.07) is 21.7. The van der Waals surface area contributed by atoms with E-state index in [1.54, 1.807) is 17.3 Å². The van der Waals surface area contributed by atoms with Gasteiger partial charge in [-0.15, -0.1) is 5.10 Å². The number of nitrogens with zero attached hydrogens (tertiary/aromatic N) is 5. The minimum absolute atomic E-state index is 0.166. The van der Waals surface area contributed by atoms with Crippen LogP contribution >= 0.6 is 0 Å². The van der Waals surface area contributed by atoms with Crippen molar-refractivity contribution in [3.05, 3.63) is 108 Å². The van der Waals surface area contributed by atoms with Gasteiger partial charge >= 0.3 is 0 Å². The number of aromatic nitrogens is 4. The summed E-state index contributed by atoms with van der Waals surface area (Å²) in [6.07, 6.45) is 6.01. The van der Waals surface area contributed by atoms with Gasteiger partial charge < -0.3 is 4.90 Å². The third-order valence-corrected chi connectivity index (χ3v) is 4.89. The molecule has 0 N–H and O–H groups in total. The Morgan fingerprint density at radius 1 is 0.867 bits per heavy atom. The Labute approximate surface area is 175 Å². The van der Waals surface area contributed by atoms with Crippen molar-refractivity contribution in [3.63, 3.8) is 0 Å². The van der Waals surface area contributed by atoms with Crippen molar-refractivity contribution in [2.24, 2.45) is 0 Å². The minimum Gasteiger partial charge on any atom is -0.328 e. The summed E-state index contributed by atoms with van der Waals surface area (Å²) in [5, 5.41) is 8.68. The summed E-state index contributed by atoms with van der Waals surface area (Å²) in [7, 11) is 0. The van der Waals surface area contributed by atoms with Crippen LogP contribution in [0.15, 0.2) is 85.3 Å². The zero-order valence-electron chi connectivity index (χ0n) is 16.8. The van der Waals surface area contributed by atoms with E-state index in [2.05, 4.69) is 46.4 Å². The number of amides is 1. The van der Waals surface area contributed by atoms with Crippen LogP contribution in [-0.2, 0) is 19.5 Å². The molecule has 0 bridgehead atoms. The van der Waals surface area contributed by atoms with Crippen molar-refractivity contribution in [2.75, 3.05) is 0 Å². The monoisotopic (exact) mass is 397 g/mol. The average molecular weight is 397 g/mol. The molecule has 150 valence electrons. The van der Waals surface area contributed by atoms with Crippen LogP contribution in [0.5, 0.6) is 0 Å². The second-order valence-corrected chi connectivity index (χ2v) is 7.05. The number of hydrogen-bond donors (Lipinski definition) is 0. The molecule has 0 spiro atoms. The summed E-state index contributed by atoms with van der Waals surface area (Å²) >= 11 is 0. The van der Waals surface area contributed by atoms with Gasteiger partial charge in [-0.3, -0.25) is 9.78 Å². The summed E-state index contributed by atoms with van der Waals surface area (Å²) in [5.41, 5.74) is 4.43. The molecule has 30 heavy (non-hydrogen) atoms. The van der Waals surface area contributed by atoms with Gasteiger partial charge in [-0.2, -0.15) is 9.90 Å². The largest absolute Gasteiger partial charge is 0.328 e. The van der Waals surface area contributed by atoms with Crippen molar-refractivity contribution >= 4 is 5.91 Å². The lowest BCUT2D eigenvalue weighted by atomic mass is 10.1.